The van der Waals surface area contributed by atoms with Gasteiger partial charge in [-0.2, -0.15) is 0 Å². The number of para-hydroxylation sites is 1. The molecule has 4 rings (SSSR count). The van der Waals surface area contributed by atoms with E-state index in [-0.39, 0.29) is 18.0 Å². The topological polar surface area (TPSA) is 41.6 Å². The van der Waals surface area contributed by atoms with Crippen LogP contribution in [0.3, 0.4) is 0 Å². The smallest absolute Gasteiger partial charge is 0.237 e. The first-order valence-electron chi connectivity index (χ1n) is 9.11. The fourth-order valence-corrected chi connectivity index (χ4v) is 3.89. The van der Waals surface area contributed by atoms with Crippen molar-refractivity contribution in [1.29, 1.82) is 0 Å². The van der Waals surface area contributed by atoms with Crippen LogP contribution >= 0.6 is 0 Å². The Hall–Kier alpha value is -2.33. The molecular weight excluding hydrogens is 312 g/mol. The van der Waals surface area contributed by atoms with Gasteiger partial charge in [0.1, 0.15) is 5.75 Å². The summed E-state index contributed by atoms with van der Waals surface area (Å²) < 4.78 is 5.70. The summed E-state index contributed by atoms with van der Waals surface area (Å²) in [5.41, 5.74) is 2.35. The van der Waals surface area contributed by atoms with E-state index in [1.54, 1.807) is 0 Å². The molecule has 0 unspecified atom stereocenters. The minimum absolute atomic E-state index is 0.0322. The van der Waals surface area contributed by atoms with Gasteiger partial charge in [-0.15, -0.1) is 0 Å². The van der Waals surface area contributed by atoms with E-state index >= 15 is 0 Å². The average Bonchev–Trinajstić information content (AvgIpc) is 3.11. The molecule has 2 aliphatic heterocycles. The fourth-order valence-electron chi connectivity index (χ4n) is 3.89. The van der Waals surface area contributed by atoms with Crippen LogP contribution in [0.2, 0.25) is 0 Å². The van der Waals surface area contributed by atoms with Gasteiger partial charge >= 0.3 is 0 Å². The second-order valence-electron chi connectivity index (χ2n) is 6.85. The number of likely N-dealkylation sites (tertiary alicyclic amines) is 1. The van der Waals surface area contributed by atoms with Crippen molar-refractivity contribution in [1.82, 2.24) is 10.2 Å². The molecule has 4 nitrogen and oxygen atoms in total. The van der Waals surface area contributed by atoms with Crippen molar-refractivity contribution in [2.24, 2.45) is 0 Å². The SMILES string of the molecule is O=C(N[C@@H]1CCOc2ccccc21)[C@@H]1CCCN1Cc1ccccc1. The van der Waals surface area contributed by atoms with E-state index in [4.69, 9.17) is 4.74 Å². The molecule has 25 heavy (non-hydrogen) atoms. The van der Waals surface area contributed by atoms with Crippen LogP contribution in [0.5, 0.6) is 5.75 Å². The molecule has 0 spiro atoms. The number of hydrogen-bond donors (Lipinski definition) is 1. The van der Waals surface area contributed by atoms with Crippen molar-refractivity contribution in [3.05, 3.63) is 65.7 Å². The molecule has 0 bridgehead atoms. The molecule has 2 aliphatic rings. The number of carbonyl (C=O) groups excluding carboxylic acids is 1. The summed E-state index contributed by atoms with van der Waals surface area (Å²) >= 11 is 0. The second kappa shape index (κ2) is 7.28. The summed E-state index contributed by atoms with van der Waals surface area (Å²) in [5, 5.41) is 3.27. The molecule has 4 heteroatoms. The Kier molecular flexibility index (Phi) is 4.70. The Bertz CT molecular complexity index is 732. The third kappa shape index (κ3) is 3.54. The number of nitrogens with zero attached hydrogens (tertiary/aromatic N) is 1. The van der Waals surface area contributed by atoms with Crippen molar-refractivity contribution in [2.75, 3.05) is 13.2 Å². The lowest BCUT2D eigenvalue weighted by molar-refractivity contribution is -0.126. The maximum Gasteiger partial charge on any atom is 0.237 e. The Morgan fingerprint density at radius 3 is 2.76 bits per heavy atom. The second-order valence-corrected chi connectivity index (χ2v) is 6.85. The molecule has 2 aromatic rings. The molecule has 0 radical (unpaired) electrons. The number of ether oxygens (including phenoxy) is 1. The van der Waals surface area contributed by atoms with Crippen LogP contribution in [0.15, 0.2) is 54.6 Å². The Morgan fingerprint density at radius 2 is 1.88 bits per heavy atom. The van der Waals surface area contributed by atoms with Crippen LogP contribution in [-0.2, 0) is 11.3 Å². The first-order valence-corrected chi connectivity index (χ1v) is 9.11. The molecule has 0 saturated carbocycles. The van der Waals surface area contributed by atoms with E-state index < -0.39 is 0 Å². The van der Waals surface area contributed by atoms with Crippen LogP contribution < -0.4 is 10.1 Å². The molecule has 2 heterocycles. The number of hydrogen-bond acceptors (Lipinski definition) is 3. The van der Waals surface area contributed by atoms with Gasteiger partial charge in [0.2, 0.25) is 5.91 Å². The van der Waals surface area contributed by atoms with Gasteiger partial charge in [0, 0.05) is 18.5 Å². The van der Waals surface area contributed by atoms with E-state index in [1.807, 2.05) is 24.3 Å². The minimum atomic E-state index is -0.0322. The van der Waals surface area contributed by atoms with Gasteiger partial charge in [0.25, 0.3) is 0 Å². The maximum absolute atomic E-state index is 12.9. The van der Waals surface area contributed by atoms with Gasteiger partial charge in [-0.25, -0.2) is 0 Å². The van der Waals surface area contributed by atoms with Gasteiger partial charge < -0.3 is 10.1 Å². The van der Waals surface area contributed by atoms with Gasteiger partial charge in [-0.3, -0.25) is 9.69 Å². The van der Waals surface area contributed by atoms with Crippen molar-refractivity contribution >= 4 is 5.91 Å². The molecule has 1 N–H and O–H groups in total. The van der Waals surface area contributed by atoms with E-state index in [0.29, 0.717) is 6.61 Å². The van der Waals surface area contributed by atoms with Crippen molar-refractivity contribution < 1.29 is 9.53 Å². The highest BCUT2D eigenvalue weighted by Crippen LogP contribution is 2.32. The van der Waals surface area contributed by atoms with E-state index in [1.165, 1.54) is 5.56 Å². The van der Waals surface area contributed by atoms with Crippen LogP contribution in [-0.4, -0.2) is 30.0 Å². The number of amides is 1. The summed E-state index contributed by atoms with van der Waals surface area (Å²) in [4.78, 5) is 15.2. The monoisotopic (exact) mass is 336 g/mol. The molecule has 1 saturated heterocycles. The first kappa shape index (κ1) is 16.2. The normalized spacial score (nSPS) is 22.9. The predicted molar refractivity (Wildman–Crippen MR) is 97.3 cm³/mol. The third-order valence-corrected chi connectivity index (χ3v) is 5.17. The zero-order chi connectivity index (χ0) is 17.1. The van der Waals surface area contributed by atoms with Gasteiger partial charge in [-0.05, 0) is 31.0 Å². The lowest BCUT2D eigenvalue weighted by Crippen LogP contribution is -2.45. The van der Waals surface area contributed by atoms with Crippen LogP contribution in [0.4, 0.5) is 0 Å². The molecule has 0 aliphatic carbocycles. The minimum Gasteiger partial charge on any atom is -0.493 e. The van der Waals surface area contributed by atoms with Crippen LogP contribution in [0, 0.1) is 0 Å². The third-order valence-electron chi connectivity index (χ3n) is 5.17. The molecule has 0 aromatic heterocycles. The zero-order valence-corrected chi connectivity index (χ0v) is 14.4. The summed E-state index contributed by atoms with van der Waals surface area (Å²) in [6, 6.07) is 18.4. The van der Waals surface area contributed by atoms with Gasteiger partial charge in [-0.1, -0.05) is 48.5 Å². The van der Waals surface area contributed by atoms with Crippen LogP contribution in [0.1, 0.15) is 36.4 Å². The van der Waals surface area contributed by atoms with E-state index in [9.17, 15) is 4.79 Å². The summed E-state index contributed by atoms with van der Waals surface area (Å²) in [6.07, 6.45) is 2.84. The zero-order valence-electron chi connectivity index (χ0n) is 14.4. The van der Waals surface area contributed by atoms with Gasteiger partial charge in [0.15, 0.2) is 0 Å². The molecule has 2 aromatic carbocycles. The Labute approximate surface area is 148 Å². The molecule has 2 atom stereocenters. The number of nitrogens with one attached hydrogen (secondary N) is 1. The van der Waals surface area contributed by atoms with E-state index in [0.717, 1.165) is 43.7 Å². The van der Waals surface area contributed by atoms with Gasteiger partial charge in [0.05, 0.1) is 18.7 Å². The van der Waals surface area contributed by atoms with Crippen molar-refractivity contribution in [3.8, 4) is 5.75 Å². The number of benzene rings is 2. The molecule has 1 amide bonds. The fraction of sp³-hybridized carbons (Fsp3) is 0.381. The van der Waals surface area contributed by atoms with Crippen molar-refractivity contribution in [2.45, 2.75) is 37.9 Å². The summed E-state index contributed by atoms with van der Waals surface area (Å²) in [5.74, 6) is 1.04. The summed E-state index contributed by atoms with van der Waals surface area (Å²) in [7, 11) is 0. The highest BCUT2D eigenvalue weighted by molar-refractivity contribution is 5.82. The van der Waals surface area contributed by atoms with Crippen molar-refractivity contribution in [3.63, 3.8) is 0 Å². The Morgan fingerprint density at radius 1 is 1.08 bits per heavy atom. The highest BCUT2D eigenvalue weighted by Gasteiger charge is 2.33. The largest absolute Gasteiger partial charge is 0.493 e. The molecule has 130 valence electrons. The average molecular weight is 336 g/mol. The number of rotatable bonds is 4. The van der Waals surface area contributed by atoms with E-state index in [2.05, 4.69) is 40.5 Å². The molecule has 1 fully saturated rings. The lowest BCUT2D eigenvalue weighted by Gasteiger charge is -2.30. The number of fused-ring (bicyclic) bond motifs is 1. The summed E-state index contributed by atoms with van der Waals surface area (Å²) in [6.45, 7) is 2.47. The lowest BCUT2D eigenvalue weighted by atomic mass is 10.00. The quantitative estimate of drug-likeness (QED) is 0.931. The van der Waals surface area contributed by atoms with Crippen LogP contribution in [0.25, 0.3) is 0 Å². The molecular formula is C21H24N2O2. The number of carbonyl (C=O) groups is 1. The maximum atomic E-state index is 12.9. The predicted octanol–water partition coefficient (Wildman–Crippen LogP) is 3.29. The standard InChI is InChI=1S/C21H24N2O2/c24-21(22-18-12-14-25-20-11-5-4-9-17(18)20)19-10-6-13-23(19)15-16-7-2-1-3-8-16/h1-5,7-9,11,18-19H,6,10,12-15H2,(H,22,24)/t18-,19+/m1/s1. The Balaban J connectivity index is 1.44. The first-order chi connectivity index (χ1) is 12.3. The highest BCUT2D eigenvalue weighted by atomic mass is 16.5.